The zero-order valence-corrected chi connectivity index (χ0v) is 19.2. The van der Waals surface area contributed by atoms with Gasteiger partial charge in [-0.1, -0.05) is 88.4 Å². The van der Waals surface area contributed by atoms with Crippen molar-refractivity contribution in [3.8, 4) is 12.3 Å². The van der Waals surface area contributed by atoms with Crippen molar-refractivity contribution in [2.75, 3.05) is 6.61 Å². The van der Waals surface area contributed by atoms with Crippen LogP contribution in [0.15, 0.2) is 60.7 Å². The highest BCUT2D eigenvalue weighted by molar-refractivity contribution is 6.99. The van der Waals surface area contributed by atoms with Gasteiger partial charge in [0, 0.05) is 0 Å². The first-order valence-corrected chi connectivity index (χ1v) is 12.4. The Balaban J connectivity index is 1.99. The summed E-state index contributed by atoms with van der Waals surface area (Å²) in [7, 11) is -2.70. The lowest BCUT2D eigenvalue weighted by Crippen LogP contribution is -2.67. The number of benzene rings is 2. The Morgan fingerprint density at radius 3 is 2.03 bits per heavy atom. The third-order valence-electron chi connectivity index (χ3n) is 6.03. The molecule has 4 nitrogen and oxygen atoms in total. The van der Waals surface area contributed by atoms with E-state index in [9.17, 15) is 10.2 Å². The first-order valence-electron chi connectivity index (χ1n) is 10.4. The standard InChI is InChI=1S/C25H32O4Si/c1-6-25(27)23(26)19(2)17-20(29-25)18-28-30(24(3,4)5,21-13-9-7-10-14-21)22-15-11-8-12-16-22/h1,7-16,19-20,23,26-27H,17-18H2,2-5H3/t19-,20-,23+,25?/m1/s1. The molecule has 0 bridgehead atoms. The van der Waals surface area contributed by atoms with Gasteiger partial charge < -0.3 is 19.4 Å². The molecule has 2 N–H and O–H groups in total. The second-order valence-corrected chi connectivity index (χ2v) is 13.5. The molecule has 1 aliphatic heterocycles. The van der Waals surface area contributed by atoms with Gasteiger partial charge in [0.2, 0.25) is 0 Å². The maximum Gasteiger partial charge on any atom is 0.261 e. The molecule has 160 valence electrons. The van der Waals surface area contributed by atoms with Crippen LogP contribution in [0.5, 0.6) is 0 Å². The molecule has 0 spiro atoms. The molecular formula is C25H32O4Si. The summed E-state index contributed by atoms with van der Waals surface area (Å²) in [4.78, 5) is 0. The van der Waals surface area contributed by atoms with Crippen molar-refractivity contribution in [1.29, 1.82) is 0 Å². The van der Waals surface area contributed by atoms with Gasteiger partial charge in [0.25, 0.3) is 14.1 Å². The monoisotopic (exact) mass is 424 g/mol. The molecule has 0 aromatic heterocycles. The van der Waals surface area contributed by atoms with Crippen LogP contribution in [-0.2, 0) is 9.16 Å². The van der Waals surface area contributed by atoms with E-state index in [1.165, 1.54) is 10.4 Å². The molecule has 1 aliphatic rings. The minimum atomic E-state index is -2.70. The number of aliphatic hydroxyl groups is 2. The molecule has 1 heterocycles. The van der Waals surface area contributed by atoms with Crippen molar-refractivity contribution in [3.63, 3.8) is 0 Å². The topological polar surface area (TPSA) is 58.9 Å². The molecule has 1 fully saturated rings. The number of hydrogen-bond donors (Lipinski definition) is 2. The molecule has 30 heavy (non-hydrogen) atoms. The molecule has 1 unspecified atom stereocenters. The smallest absolute Gasteiger partial charge is 0.261 e. The quantitative estimate of drug-likeness (QED) is 0.572. The van der Waals surface area contributed by atoms with E-state index >= 15 is 0 Å². The van der Waals surface area contributed by atoms with E-state index in [1.807, 2.05) is 43.3 Å². The van der Waals surface area contributed by atoms with E-state index < -0.39 is 26.3 Å². The first kappa shape index (κ1) is 22.7. The fraction of sp³-hybridized carbons (Fsp3) is 0.440. The van der Waals surface area contributed by atoms with Gasteiger partial charge in [-0.3, -0.25) is 0 Å². The Morgan fingerprint density at radius 1 is 1.10 bits per heavy atom. The van der Waals surface area contributed by atoms with E-state index in [4.69, 9.17) is 15.6 Å². The van der Waals surface area contributed by atoms with E-state index in [2.05, 4.69) is 51.0 Å². The van der Waals surface area contributed by atoms with E-state index in [0.717, 1.165) is 0 Å². The molecule has 3 rings (SSSR count). The molecule has 0 radical (unpaired) electrons. The van der Waals surface area contributed by atoms with Crippen LogP contribution in [0.2, 0.25) is 5.04 Å². The number of hydrogen-bond acceptors (Lipinski definition) is 4. The molecule has 0 aliphatic carbocycles. The molecule has 0 amide bonds. The van der Waals surface area contributed by atoms with Gasteiger partial charge in [0.05, 0.1) is 12.7 Å². The summed E-state index contributed by atoms with van der Waals surface area (Å²) in [6.07, 6.45) is 4.50. The van der Waals surface area contributed by atoms with Crippen molar-refractivity contribution in [1.82, 2.24) is 0 Å². The van der Waals surface area contributed by atoms with Crippen molar-refractivity contribution in [2.24, 2.45) is 5.92 Å². The maximum atomic E-state index is 10.6. The zero-order valence-electron chi connectivity index (χ0n) is 18.2. The van der Waals surface area contributed by atoms with Crippen molar-refractivity contribution < 1.29 is 19.4 Å². The van der Waals surface area contributed by atoms with Crippen LogP contribution in [0.1, 0.15) is 34.1 Å². The molecule has 2 aromatic carbocycles. The highest BCUT2D eigenvalue weighted by atomic mass is 28.4. The summed E-state index contributed by atoms with van der Waals surface area (Å²) in [6, 6.07) is 20.7. The summed E-state index contributed by atoms with van der Waals surface area (Å²) in [6.45, 7) is 8.79. The highest BCUT2D eigenvalue weighted by Crippen LogP contribution is 2.38. The van der Waals surface area contributed by atoms with Gasteiger partial charge in [-0.25, -0.2) is 0 Å². The van der Waals surface area contributed by atoms with Crippen LogP contribution >= 0.6 is 0 Å². The van der Waals surface area contributed by atoms with Crippen molar-refractivity contribution in [3.05, 3.63) is 60.7 Å². The average molecular weight is 425 g/mol. The maximum absolute atomic E-state index is 10.6. The predicted octanol–water partition coefficient (Wildman–Crippen LogP) is 2.67. The van der Waals surface area contributed by atoms with Crippen LogP contribution in [-0.4, -0.2) is 43.1 Å². The number of aliphatic hydroxyl groups excluding tert-OH is 1. The largest absolute Gasteiger partial charge is 0.405 e. The second-order valence-electron chi connectivity index (χ2n) is 9.21. The third-order valence-corrected chi connectivity index (χ3v) is 11.0. The SMILES string of the molecule is C#CC1(O)O[C@@H](CO[Si](c2ccccc2)(c2ccccc2)C(C)(C)C)C[C@@H](C)[C@@H]1O. The van der Waals surface area contributed by atoms with Gasteiger partial charge >= 0.3 is 0 Å². The Kier molecular flexibility index (Phi) is 6.56. The number of rotatable bonds is 5. The van der Waals surface area contributed by atoms with Crippen LogP contribution in [0, 0.1) is 18.3 Å². The molecular weight excluding hydrogens is 392 g/mol. The average Bonchev–Trinajstić information content (AvgIpc) is 2.73. The van der Waals surface area contributed by atoms with Gasteiger partial charge in [0.1, 0.15) is 6.10 Å². The molecule has 0 saturated carbocycles. The Morgan fingerprint density at radius 2 is 1.60 bits per heavy atom. The first-order chi connectivity index (χ1) is 14.1. The number of terminal acetylenes is 1. The van der Waals surface area contributed by atoms with E-state index in [0.29, 0.717) is 6.42 Å². The highest BCUT2D eigenvalue weighted by Gasteiger charge is 2.52. The second kappa shape index (κ2) is 8.66. The summed E-state index contributed by atoms with van der Waals surface area (Å²) in [5.74, 6) is 0.0300. The van der Waals surface area contributed by atoms with Crippen LogP contribution in [0.3, 0.4) is 0 Å². The van der Waals surface area contributed by atoms with Crippen LogP contribution in [0.25, 0.3) is 0 Å². The lowest BCUT2D eigenvalue weighted by atomic mass is 9.88. The van der Waals surface area contributed by atoms with Crippen molar-refractivity contribution >= 4 is 18.7 Å². The molecule has 4 atom stereocenters. The summed E-state index contributed by atoms with van der Waals surface area (Å²) in [5.41, 5.74) is 0. The lowest BCUT2D eigenvalue weighted by Gasteiger charge is -2.46. The molecule has 1 saturated heterocycles. The lowest BCUT2D eigenvalue weighted by molar-refractivity contribution is -0.282. The Bertz CT molecular complexity index is 832. The zero-order chi connectivity index (χ0) is 22.0. The molecule has 5 heteroatoms. The van der Waals surface area contributed by atoms with Crippen LogP contribution in [0.4, 0.5) is 0 Å². The van der Waals surface area contributed by atoms with E-state index in [-0.39, 0.29) is 17.6 Å². The predicted molar refractivity (Wildman–Crippen MR) is 122 cm³/mol. The summed E-state index contributed by atoms with van der Waals surface area (Å²) in [5, 5.41) is 23.0. The summed E-state index contributed by atoms with van der Waals surface area (Å²) >= 11 is 0. The number of ether oxygens (including phenoxy) is 1. The van der Waals surface area contributed by atoms with Gasteiger partial charge in [-0.05, 0) is 33.7 Å². The van der Waals surface area contributed by atoms with Crippen molar-refractivity contribution in [2.45, 2.75) is 57.1 Å². The minimum Gasteiger partial charge on any atom is -0.405 e. The van der Waals surface area contributed by atoms with E-state index in [1.54, 1.807) is 0 Å². The van der Waals surface area contributed by atoms with Gasteiger partial charge in [-0.15, -0.1) is 6.42 Å². The fourth-order valence-corrected chi connectivity index (χ4v) is 9.09. The fourth-order valence-electron chi connectivity index (χ4n) is 4.50. The normalized spacial score (nSPS) is 27.4. The van der Waals surface area contributed by atoms with Gasteiger partial charge in [0.15, 0.2) is 0 Å². The van der Waals surface area contributed by atoms with Gasteiger partial charge in [-0.2, -0.15) is 0 Å². The summed E-state index contributed by atoms with van der Waals surface area (Å²) < 4.78 is 12.6. The third kappa shape index (κ3) is 4.11. The minimum absolute atomic E-state index is 0.155. The molecule has 2 aromatic rings. The Hall–Kier alpha value is -1.94. The Labute approximate surface area is 181 Å². The van der Waals surface area contributed by atoms with Crippen LogP contribution < -0.4 is 10.4 Å².